The molecule has 0 saturated heterocycles. The quantitative estimate of drug-likeness (QED) is 0.632. The van der Waals surface area contributed by atoms with Crippen LogP contribution in [0.3, 0.4) is 0 Å². The van der Waals surface area contributed by atoms with Gasteiger partial charge in [0.15, 0.2) is 5.75 Å². The van der Waals surface area contributed by atoms with Gasteiger partial charge in [-0.25, -0.2) is 4.68 Å². The van der Waals surface area contributed by atoms with Crippen LogP contribution in [0, 0.1) is 18.3 Å². The van der Waals surface area contributed by atoms with Gasteiger partial charge in [-0.1, -0.05) is 0 Å². The van der Waals surface area contributed by atoms with E-state index in [1.807, 2.05) is 43.8 Å². The van der Waals surface area contributed by atoms with Crippen molar-refractivity contribution in [2.24, 2.45) is 0 Å². The second kappa shape index (κ2) is 8.11. The van der Waals surface area contributed by atoms with Crippen molar-refractivity contribution in [1.82, 2.24) is 19.7 Å². The number of hydrogen-bond acceptors (Lipinski definition) is 6. The molecule has 0 spiro atoms. The summed E-state index contributed by atoms with van der Waals surface area (Å²) in [6.45, 7) is 6.48. The summed E-state index contributed by atoms with van der Waals surface area (Å²) in [7, 11) is 1.45. The van der Waals surface area contributed by atoms with Crippen molar-refractivity contribution >= 4 is 5.91 Å². The van der Waals surface area contributed by atoms with Crippen LogP contribution in [0.5, 0.6) is 11.5 Å². The van der Waals surface area contributed by atoms with E-state index in [2.05, 4.69) is 16.2 Å². The lowest BCUT2D eigenvalue weighted by Crippen LogP contribution is -2.27. The molecule has 0 atom stereocenters. The Morgan fingerprint density at radius 3 is 2.71 bits per heavy atom. The number of aryl methyl sites for hydroxylation is 1. The second-order valence-corrected chi connectivity index (χ2v) is 7.66. The minimum atomic E-state index is -0.256. The normalized spacial score (nSPS) is 12.6. The minimum absolute atomic E-state index is 0.133. The van der Waals surface area contributed by atoms with Crippen LogP contribution < -0.4 is 9.47 Å². The molecule has 1 aliphatic heterocycles. The molecule has 1 aromatic carbocycles. The first kappa shape index (κ1) is 20.4. The number of ether oxygens (including phenoxy) is 2. The highest BCUT2D eigenvalue weighted by Crippen LogP contribution is 2.36. The molecule has 31 heavy (non-hydrogen) atoms. The predicted octanol–water partition coefficient (Wildman–Crippen LogP) is 3.40. The lowest BCUT2D eigenvalue weighted by molar-refractivity contribution is 0.0739. The molecule has 0 saturated carbocycles. The second-order valence-electron chi connectivity index (χ2n) is 7.66. The number of amides is 1. The van der Waals surface area contributed by atoms with Crippen molar-refractivity contribution in [3.05, 3.63) is 64.7 Å². The fraction of sp³-hybridized carbons (Fsp3) is 0.304. The van der Waals surface area contributed by atoms with E-state index in [1.54, 1.807) is 23.2 Å². The number of fused-ring (bicyclic) bond motifs is 1. The van der Waals surface area contributed by atoms with Gasteiger partial charge in [-0.2, -0.15) is 10.4 Å². The summed E-state index contributed by atoms with van der Waals surface area (Å²) in [5, 5.41) is 14.1. The highest BCUT2D eigenvalue weighted by Gasteiger charge is 2.32. The zero-order chi connectivity index (χ0) is 22.1. The highest BCUT2D eigenvalue weighted by molar-refractivity contribution is 6.00. The van der Waals surface area contributed by atoms with E-state index in [1.165, 1.54) is 7.11 Å². The summed E-state index contributed by atoms with van der Waals surface area (Å²) in [6, 6.07) is 9.19. The Balaban J connectivity index is 1.64. The van der Waals surface area contributed by atoms with Crippen LogP contribution in [0.25, 0.3) is 5.69 Å². The van der Waals surface area contributed by atoms with Gasteiger partial charge in [-0.05, 0) is 45.0 Å². The molecule has 8 heteroatoms. The fourth-order valence-corrected chi connectivity index (χ4v) is 3.68. The van der Waals surface area contributed by atoms with Crippen molar-refractivity contribution in [2.75, 3.05) is 7.11 Å². The lowest BCUT2D eigenvalue weighted by Gasteiger charge is -2.21. The van der Waals surface area contributed by atoms with Gasteiger partial charge < -0.3 is 14.4 Å². The van der Waals surface area contributed by atoms with Gasteiger partial charge in [-0.15, -0.1) is 0 Å². The third-order valence-corrected chi connectivity index (χ3v) is 5.03. The number of pyridine rings is 1. The topological polar surface area (TPSA) is 93.3 Å². The van der Waals surface area contributed by atoms with Crippen LogP contribution in [-0.2, 0) is 13.1 Å². The first-order chi connectivity index (χ1) is 14.9. The third kappa shape index (κ3) is 3.82. The molecule has 1 amide bonds. The average Bonchev–Trinajstić information content (AvgIpc) is 3.32. The Morgan fingerprint density at radius 1 is 1.26 bits per heavy atom. The average molecular weight is 417 g/mol. The zero-order valence-corrected chi connectivity index (χ0v) is 17.9. The summed E-state index contributed by atoms with van der Waals surface area (Å²) in [5.41, 5.74) is 4.20. The molecule has 0 aliphatic carbocycles. The Kier molecular flexibility index (Phi) is 5.34. The van der Waals surface area contributed by atoms with Gasteiger partial charge >= 0.3 is 0 Å². The largest absolute Gasteiger partial charge is 0.494 e. The molecule has 2 aromatic heterocycles. The van der Waals surface area contributed by atoms with E-state index in [-0.39, 0.29) is 28.9 Å². The maximum atomic E-state index is 13.5. The van der Waals surface area contributed by atoms with Crippen LogP contribution in [0.2, 0.25) is 0 Å². The van der Waals surface area contributed by atoms with Crippen molar-refractivity contribution in [3.8, 4) is 23.3 Å². The number of rotatable bonds is 5. The first-order valence-corrected chi connectivity index (χ1v) is 9.98. The Hall–Kier alpha value is -3.86. The van der Waals surface area contributed by atoms with E-state index in [0.29, 0.717) is 18.8 Å². The summed E-state index contributed by atoms with van der Waals surface area (Å²) in [6.07, 6.45) is 3.55. The van der Waals surface area contributed by atoms with Gasteiger partial charge in [-0.3, -0.25) is 9.78 Å². The molecule has 0 radical (unpaired) electrons. The zero-order valence-electron chi connectivity index (χ0n) is 17.9. The number of carbonyl (C=O) groups is 1. The van der Waals surface area contributed by atoms with Gasteiger partial charge in [0, 0.05) is 30.2 Å². The summed E-state index contributed by atoms with van der Waals surface area (Å²) in [4.78, 5) is 19.4. The maximum absolute atomic E-state index is 13.5. The molecule has 3 aromatic rings. The number of nitriles is 1. The van der Waals surface area contributed by atoms with E-state index in [9.17, 15) is 10.1 Å². The van der Waals surface area contributed by atoms with Crippen molar-refractivity contribution < 1.29 is 14.3 Å². The number of benzene rings is 1. The predicted molar refractivity (Wildman–Crippen MR) is 113 cm³/mol. The van der Waals surface area contributed by atoms with Gasteiger partial charge in [0.05, 0.1) is 36.7 Å². The van der Waals surface area contributed by atoms with Crippen LogP contribution in [-0.4, -0.2) is 38.8 Å². The smallest absolute Gasteiger partial charge is 0.262 e. The molecular weight excluding hydrogens is 394 g/mol. The van der Waals surface area contributed by atoms with Crippen LogP contribution in [0.15, 0.2) is 36.7 Å². The van der Waals surface area contributed by atoms with Crippen molar-refractivity contribution in [2.45, 2.75) is 40.0 Å². The summed E-state index contributed by atoms with van der Waals surface area (Å²) < 4.78 is 13.1. The molecule has 0 bridgehead atoms. The van der Waals surface area contributed by atoms with E-state index in [4.69, 9.17) is 9.47 Å². The van der Waals surface area contributed by atoms with Crippen LogP contribution >= 0.6 is 0 Å². The van der Waals surface area contributed by atoms with Crippen molar-refractivity contribution in [1.29, 1.82) is 5.26 Å². The molecule has 0 N–H and O–H groups in total. The highest BCUT2D eigenvalue weighted by atomic mass is 16.5. The molecular formula is C23H23N5O3. The number of aromatic nitrogens is 3. The number of methoxy groups -OCH3 is 1. The molecule has 1 aliphatic rings. The third-order valence-electron chi connectivity index (χ3n) is 5.03. The van der Waals surface area contributed by atoms with Gasteiger partial charge in [0.1, 0.15) is 17.4 Å². The number of carbonyl (C=O) groups excluding carboxylic acids is 1. The summed E-state index contributed by atoms with van der Waals surface area (Å²) >= 11 is 0. The Morgan fingerprint density at radius 2 is 2.06 bits per heavy atom. The minimum Gasteiger partial charge on any atom is -0.494 e. The van der Waals surface area contributed by atoms with E-state index in [0.717, 1.165) is 22.6 Å². The molecule has 8 nitrogen and oxygen atoms in total. The van der Waals surface area contributed by atoms with Crippen molar-refractivity contribution in [3.63, 3.8) is 0 Å². The number of nitrogens with zero attached hydrogens (tertiary/aromatic N) is 5. The SMILES string of the molecule is COc1c(C#N)ccc(OC(C)C)c1C(=O)N1Cc2cn(-c3ccnc(C)c3)nc2C1. The molecule has 3 heterocycles. The van der Waals surface area contributed by atoms with E-state index >= 15 is 0 Å². The monoisotopic (exact) mass is 417 g/mol. The van der Waals surface area contributed by atoms with E-state index < -0.39 is 0 Å². The van der Waals surface area contributed by atoms with Crippen LogP contribution in [0.1, 0.15) is 46.7 Å². The molecule has 158 valence electrons. The molecule has 4 rings (SSSR count). The molecule has 0 fully saturated rings. The van der Waals surface area contributed by atoms with Crippen LogP contribution in [0.4, 0.5) is 0 Å². The standard InChI is InChI=1S/C23H23N5O3/c1-14(2)31-20-6-5-16(10-24)22(30-4)21(20)23(29)27-11-17-12-28(26-19(17)13-27)18-7-8-25-15(3)9-18/h5-9,12,14H,11,13H2,1-4H3. The Labute approximate surface area is 180 Å². The maximum Gasteiger partial charge on any atom is 0.262 e. The van der Waals surface area contributed by atoms with Gasteiger partial charge in [0.2, 0.25) is 0 Å². The fourth-order valence-electron chi connectivity index (χ4n) is 3.68. The lowest BCUT2D eigenvalue weighted by atomic mass is 10.1. The first-order valence-electron chi connectivity index (χ1n) is 9.98. The Bertz CT molecular complexity index is 1170. The molecule has 0 unspecified atom stereocenters. The number of hydrogen-bond donors (Lipinski definition) is 0. The summed E-state index contributed by atoms with van der Waals surface area (Å²) in [5.74, 6) is 0.374. The van der Waals surface area contributed by atoms with Gasteiger partial charge in [0.25, 0.3) is 5.91 Å².